The lowest BCUT2D eigenvalue weighted by Crippen LogP contribution is -2.24. The van der Waals surface area contributed by atoms with Crippen molar-refractivity contribution in [3.63, 3.8) is 0 Å². The molecular formula is C7H15NO2. The molecule has 0 heterocycles. The molecule has 0 saturated carbocycles. The lowest BCUT2D eigenvalue weighted by atomic mass is 10.0. The normalized spacial score (nSPS) is 16.3. The lowest BCUT2D eigenvalue weighted by Gasteiger charge is -2.10. The van der Waals surface area contributed by atoms with Crippen LogP contribution in [0.1, 0.15) is 26.7 Å². The van der Waals surface area contributed by atoms with Crippen LogP contribution in [-0.4, -0.2) is 17.1 Å². The van der Waals surface area contributed by atoms with Gasteiger partial charge in [0.25, 0.3) is 0 Å². The van der Waals surface area contributed by atoms with Crippen LogP contribution in [0.15, 0.2) is 0 Å². The smallest absolute Gasteiger partial charge is 0.220 e. The fraction of sp³-hybridized carbons (Fsp3) is 0.857. The highest BCUT2D eigenvalue weighted by Crippen LogP contribution is 2.06. The summed E-state index contributed by atoms with van der Waals surface area (Å²) in [4.78, 5) is 10.5. The predicted molar refractivity (Wildman–Crippen MR) is 39.3 cm³/mol. The van der Waals surface area contributed by atoms with Crippen LogP contribution >= 0.6 is 0 Å². The van der Waals surface area contributed by atoms with Crippen LogP contribution in [0.2, 0.25) is 0 Å². The molecule has 3 nitrogen and oxygen atoms in total. The molecule has 0 aliphatic carbocycles. The number of primary amides is 1. The summed E-state index contributed by atoms with van der Waals surface area (Å²) < 4.78 is 0. The Morgan fingerprint density at radius 1 is 1.70 bits per heavy atom. The quantitative estimate of drug-likeness (QED) is 0.596. The van der Waals surface area contributed by atoms with Crippen molar-refractivity contribution < 1.29 is 9.90 Å². The standard InChI is InChI=1S/C7H15NO2/c1-3-6(9)4-5(2)7(8)10/h5-6,9H,3-4H2,1-2H3,(H2,8,10)/t5-,6-/m0/s1. The van der Waals surface area contributed by atoms with E-state index in [1.165, 1.54) is 0 Å². The van der Waals surface area contributed by atoms with Crippen molar-refractivity contribution in [2.75, 3.05) is 0 Å². The van der Waals surface area contributed by atoms with Crippen molar-refractivity contribution in [3.05, 3.63) is 0 Å². The first-order valence-corrected chi connectivity index (χ1v) is 3.55. The molecule has 3 N–H and O–H groups in total. The third-order valence-corrected chi connectivity index (χ3v) is 1.58. The third kappa shape index (κ3) is 3.45. The first kappa shape index (κ1) is 9.43. The van der Waals surface area contributed by atoms with E-state index in [1.807, 2.05) is 6.92 Å². The molecule has 0 aliphatic heterocycles. The zero-order chi connectivity index (χ0) is 8.15. The zero-order valence-electron chi connectivity index (χ0n) is 6.50. The van der Waals surface area contributed by atoms with Gasteiger partial charge >= 0.3 is 0 Å². The van der Waals surface area contributed by atoms with Crippen LogP contribution in [0.5, 0.6) is 0 Å². The highest BCUT2D eigenvalue weighted by molar-refractivity contribution is 5.76. The van der Waals surface area contributed by atoms with Crippen LogP contribution in [0.4, 0.5) is 0 Å². The topological polar surface area (TPSA) is 63.3 Å². The molecule has 0 aromatic rings. The molecule has 0 aliphatic rings. The minimum atomic E-state index is -0.387. The molecule has 0 saturated heterocycles. The summed E-state index contributed by atoms with van der Waals surface area (Å²) in [5, 5.41) is 9.07. The lowest BCUT2D eigenvalue weighted by molar-refractivity contribution is -0.122. The van der Waals surface area contributed by atoms with Crippen LogP contribution in [-0.2, 0) is 4.79 Å². The molecule has 0 bridgehead atoms. The maximum atomic E-state index is 10.5. The third-order valence-electron chi connectivity index (χ3n) is 1.58. The van der Waals surface area contributed by atoms with E-state index in [9.17, 15) is 4.79 Å². The summed E-state index contributed by atoms with van der Waals surface area (Å²) in [6, 6.07) is 0. The first-order valence-electron chi connectivity index (χ1n) is 3.55. The Balaban J connectivity index is 3.56. The Hall–Kier alpha value is -0.570. The van der Waals surface area contributed by atoms with E-state index in [0.717, 1.165) is 0 Å². The van der Waals surface area contributed by atoms with E-state index in [2.05, 4.69) is 0 Å². The van der Waals surface area contributed by atoms with Crippen molar-refractivity contribution in [1.29, 1.82) is 0 Å². The number of rotatable bonds is 4. The van der Waals surface area contributed by atoms with Crippen LogP contribution < -0.4 is 5.73 Å². The summed E-state index contributed by atoms with van der Waals surface area (Å²) in [5.41, 5.74) is 4.99. The number of nitrogens with two attached hydrogens (primary N) is 1. The van der Waals surface area contributed by atoms with Crippen LogP contribution in [0, 0.1) is 5.92 Å². The predicted octanol–water partition coefficient (Wildman–Crippen LogP) is 0.269. The van der Waals surface area contributed by atoms with Crippen molar-refractivity contribution >= 4 is 5.91 Å². The van der Waals surface area contributed by atoms with Gasteiger partial charge in [-0.2, -0.15) is 0 Å². The fourth-order valence-corrected chi connectivity index (χ4v) is 0.691. The number of amides is 1. The number of aliphatic hydroxyl groups excluding tert-OH is 1. The molecular weight excluding hydrogens is 130 g/mol. The maximum absolute atomic E-state index is 10.5. The van der Waals surface area contributed by atoms with Gasteiger partial charge in [-0.3, -0.25) is 4.79 Å². The molecule has 0 aromatic carbocycles. The van der Waals surface area contributed by atoms with Gasteiger partial charge in [-0.25, -0.2) is 0 Å². The summed E-state index contributed by atoms with van der Waals surface area (Å²) in [7, 11) is 0. The van der Waals surface area contributed by atoms with E-state index in [1.54, 1.807) is 6.92 Å². The number of aliphatic hydroxyl groups is 1. The monoisotopic (exact) mass is 145 g/mol. The SMILES string of the molecule is CC[C@H](O)C[C@H](C)C(N)=O. The number of carbonyl (C=O) groups is 1. The van der Waals surface area contributed by atoms with Crippen LogP contribution in [0.3, 0.4) is 0 Å². The average molecular weight is 145 g/mol. The Labute approximate surface area is 61.2 Å². The van der Waals surface area contributed by atoms with E-state index in [-0.39, 0.29) is 17.9 Å². The maximum Gasteiger partial charge on any atom is 0.220 e. The van der Waals surface area contributed by atoms with Crippen molar-refractivity contribution in [2.24, 2.45) is 11.7 Å². The first-order chi connectivity index (χ1) is 4.57. The summed E-state index contributed by atoms with van der Waals surface area (Å²) in [5.74, 6) is -0.553. The highest BCUT2D eigenvalue weighted by Gasteiger charge is 2.12. The summed E-state index contributed by atoms with van der Waals surface area (Å²) >= 11 is 0. The van der Waals surface area contributed by atoms with Gasteiger partial charge in [0.2, 0.25) is 5.91 Å². The summed E-state index contributed by atoms with van der Waals surface area (Å²) in [6.07, 6.45) is 0.770. The Kier molecular flexibility index (Phi) is 4.03. The minimum Gasteiger partial charge on any atom is -0.393 e. The Bertz CT molecular complexity index is 114. The molecule has 0 spiro atoms. The van der Waals surface area contributed by atoms with Gasteiger partial charge < -0.3 is 10.8 Å². The molecule has 0 unspecified atom stereocenters. The van der Waals surface area contributed by atoms with Gasteiger partial charge in [-0.15, -0.1) is 0 Å². The molecule has 0 fully saturated rings. The molecule has 2 atom stereocenters. The molecule has 1 amide bonds. The molecule has 10 heavy (non-hydrogen) atoms. The largest absolute Gasteiger partial charge is 0.393 e. The van der Waals surface area contributed by atoms with Gasteiger partial charge in [0.1, 0.15) is 0 Å². The highest BCUT2D eigenvalue weighted by atomic mass is 16.3. The van der Waals surface area contributed by atoms with Gasteiger partial charge in [0.15, 0.2) is 0 Å². The minimum absolute atomic E-state index is 0.213. The van der Waals surface area contributed by atoms with Crippen molar-refractivity contribution in [1.82, 2.24) is 0 Å². The fourth-order valence-electron chi connectivity index (χ4n) is 0.691. The number of hydrogen-bond acceptors (Lipinski definition) is 2. The van der Waals surface area contributed by atoms with Crippen molar-refractivity contribution in [3.8, 4) is 0 Å². The second-order valence-electron chi connectivity index (χ2n) is 2.60. The van der Waals surface area contributed by atoms with Gasteiger partial charge in [-0.1, -0.05) is 13.8 Å². The molecule has 60 valence electrons. The van der Waals surface area contributed by atoms with E-state index in [4.69, 9.17) is 10.8 Å². The number of carbonyl (C=O) groups excluding carboxylic acids is 1. The van der Waals surface area contributed by atoms with Crippen molar-refractivity contribution in [2.45, 2.75) is 32.8 Å². The summed E-state index contributed by atoms with van der Waals surface area (Å²) in [6.45, 7) is 3.60. The van der Waals surface area contributed by atoms with Gasteiger partial charge in [0, 0.05) is 5.92 Å². The van der Waals surface area contributed by atoms with Crippen LogP contribution in [0.25, 0.3) is 0 Å². The second kappa shape index (κ2) is 4.28. The molecule has 0 rings (SSSR count). The van der Waals surface area contributed by atoms with E-state index < -0.39 is 0 Å². The van der Waals surface area contributed by atoms with Gasteiger partial charge in [-0.05, 0) is 12.8 Å². The van der Waals surface area contributed by atoms with E-state index >= 15 is 0 Å². The molecule has 0 radical (unpaired) electrons. The molecule has 3 heteroatoms. The average Bonchev–Trinajstić information content (AvgIpc) is 1.87. The van der Waals surface area contributed by atoms with Gasteiger partial charge in [0.05, 0.1) is 6.10 Å². The zero-order valence-corrected chi connectivity index (χ0v) is 6.50. The van der Waals surface area contributed by atoms with E-state index in [0.29, 0.717) is 12.8 Å². The Morgan fingerprint density at radius 3 is 2.50 bits per heavy atom. The second-order valence-corrected chi connectivity index (χ2v) is 2.60. The molecule has 0 aromatic heterocycles. The Morgan fingerprint density at radius 2 is 2.20 bits per heavy atom. The number of hydrogen-bond donors (Lipinski definition) is 2.